The number of nitrogens with zero attached hydrogens (tertiary/aromatic N) is 6. The highest BCUT2D eigenvalue weighted by Crippen LogP contribution is 2.49. The SMILES string of the molecule is N#Cc1c(-n2c3ccccc3c3cc(C(F)(F)F)ccc32)c(-n2c3ccccc3c3cc4sc5ccccc5c4cc32)nc(-n2c3ccccc3c3cc(C(F)(F)F)ccc32)c1-n1c2ccccc2c2cc3sc4ccccc4c3cc21. The van der Waals surface area contributed by atoms with Gasteiger partial charge in [-0.25, -0.2) is 4.98 Å². The van der Waals surface area contributed by atoms with E-state index in [4.69, 9.17) is 4.98 Å². The standard InChI is InChI=1S/C68H34F6N6S2/c69-67(70,71)36-25-27-55-44(29-36)38-13-1-7-19-51(38)77(55)63-50(35-75)64(78-52-20-8-2-15-40(52)46-33-61-48(31-57(46)78)42-17-5-11-23-59(42)81-61)65(79-53-21-9-3-14-39(53)45-30-37(68(72,73)74)26-28-56(45)79)76-66(63)80-54-22-10-4-16-41(54)47-34-62-49(32-58(47)80)43-18-6-12-24-60(43)82-62/h1-34H. The number of alkyl halides is 6. The Morgan fingerprint density at radius 2 is 0.646 bits per heavy atom. The number of halogens is 6. The number of aromatic nitrogens is 5. The van der Waals surface area contributed by atoms with Crippen LogP contribution in [0.5, 0.6) is 0 Å². The molecule has 0 bridgehead atoms. The van der Waals surface area contributed by atoms with E-state index < -0.39 is 23.5 Å². The second-order valence-corrected chi connectivity index (χ2v) is 22.9. The van der Waals surface area contributed by atoms with Crippen LogP contribution >= 0.6 is 22.7 Å². The van der Waals surface area contributed by atoms with Crippen molar-refractivity contribution in [3.8, 4) is 29.1 Å². The summed E-state index contributed by atoms with van der Waals surface area (Å²) in [5.74, 6) is 0.486. The smallest absolute Gasteiger partial charge is 0.305 e. The van der Waals surface area contributed by atoms with Crippen LogP contribution in [0.15, 0.2) is 206 Å². The molecule has 0 spiro atoms. The number of pyridine rings is 1. The lowest BCUT2D eigenvalue weighted by Gasteiger charge is -2.24. The minimum Gasteiger partial charge on any atom is -0.305 e. The quantitative estimate of drug-likeness (QED) is 0.165. The normalized spacial score (nSPS) is 12.7. The number of thiophene rings is 2. The van der Waals surface area contributed by atoms with Crippen LogP contribution in [0.1, 0.15) is 16.7 Å². The van der Waals surface area contributed by atoms with Crippen LogP contribution in [0.4, 0.5) is 26.3 Å². The van der Waals surface area contributed by atoms with Crippen LogP contribution in [0.2, 0.25) is 0 Å². The summed E-state index contributed by atoms with van der Waals surface area (Å²) < 4.78 is 101. The molecule has 0 saturated carbocycles. The van der Waals surface area contributed by atoms with Crippen molar-refractivity contribution in [2.75, 3.05) is 0 Å². The average molecular weight is 1110 g/mol. The van der Waals surface area contributed by atoms with Crippen molar-refractivity contribution in [1.82, 2.24) is 23.3 Å². The van der Waals surface area contributed by atoms with Crippen LogP contribution in [-0.4, -0.2) is 23.3 Å². The van der Waals surface area contributed by atoms with Crippen molar-refractivity contribution in [2.24, 2.45) is 0 Å². The highest BCUT2D eigenvalue weighted by molar-refractivity contribution is 7.26. The Morgan fingerprint density at radius 1 is 0.317 bits per heavy atom. The topological polar surface area (TPSA) is 56.4 Å². The Kier molecular flexibility index (Phi) is 9.49. The van der Waals surface area contributed by atoms with Gasteiger partial charge >= 0.3 is 12.4 Å². The molecule has 0 aliphatic carbocycles. The fourth-order valence-corrected chi connectivity index (χ4v) is 15.2. The van der Waals surface area contributed by atoms with Gasteiger partial charge in [-0.2, -0.15) is 31.6 Å². The molecule has 0 aliphatic heterocycles. The predicted molar refractivity (Wildman–Crippen MR) is 322 cm³/mol. The van der Waals surface area contributed by atoms with Gasteiger partial charge in [-0.05, 0) is 97.1 Å². The van der Waals surface area contributed by atoms with Crippen LogP contribution < -0.4 is 0 Å². The van der Waals surface area contributed by atoms with Crippen LogP contribution in [0.25, 0.3) is 151 Å². The Balaban J connectivity index is 1.14. The number of rotatable bonds is 4. The van der Waals surface area contributed by atoms with Crippen LogP contribution in [0, 0.1) is 11.3 Å². The molecule has 7 heterocycles. The fourth-order valence-electron chi connectivity index (χ4n) is 13.0. The van der Waals surface area contributed by atoms with E-state index in [-0.39, 0.29) is 22.9 Å². The van der Waals surface area contributed by atoms with Gasteiger partial charge in [0.15, 0.2) is 11.6 Å². The van der Waals surface area contributed by atoms with Crippen molar-refractivity contribution in [3.63, 3.8) is 0 Å². The van der Waals surface area contributed by atoms with Gasteiger partial charge in [0.25, 0.3) is 0 Å². The third kappa shape index (κ3) is 6.42. The maximum atomic E-state index is 14.9. The van der Waals surface area contributed by atoms with E-state index in [0.717, 1.165) is 102 Å². The Morgan fingerprint density at radius 3 is 1.07 bits per heavy atom. The first-order valence-corrected chi connectivity index (χ1v) is 27.9. The molecule has 0 N–H and O–H groups in total. The third-order valence-electron chi connectivity index (χ3n) is 16.4. The zero-order valence-corrected chi connectivity index (χ0v) is 44.0. The second-order valence-electron chi connectivity index (χ2n) is 20.7. The molecule has 0 amide bonds. The van der Waals surface area contributed by atoms with E-state index in [1.165, 1.54) is 18.2 Å². The first kappa shape index (κ1) is 46.9. The van der Waals surface area contributed by atoms with Crippen molar-refractivity contribution in [3.05, 3.63) is 223 Å². The zero-order chi connectivity index (χ0) is 55.1. The summed E-state index contributed by atoms with van der Waals surface area (Å²) in [6.45, 7) is 0. The molecule has 10 aromatic carbocycles. The minimum absolute atomic E-state index is 0.103. The number of hydrogen-bond acceptors (Lipinski definition) is 4. The van der Waals surface area contributed by atoms with E-state index in [1.807, 2.05) is 111 Å². The van der Waals surface area contributed by atoms with Crippen molar-refractivity contribution in [1.29, 1.82) is 5.26 Å². The summed E-state index contributed by atoms with van der Waals surface area (Å²) in [5.41, 5.74) is 3.82. The molecule has 6 nitrogen and oxygen atoms in total. The molecule has 0 fully saturated rings. The highest BCUT2D eigenvalue weighted by atomic mass is 32.1. The molecule has 0 aliphatic rings. The molecule has 0 atom stereocenters. The molecule has 0 unspecified atom stereocenters. The Bertz CT molecular complexity index is 5720. The molecule has 7 aromatic heterocycles. The highest BCUT2D eigenvalue weighted by Gasteiger charge is 2.36. The van der Waals surface area contributed by atoms with Gasteiger partial charge in [-0.3, -0.25) is 9.13 Å². The Hall–Kier alpha value is -9.94. The van der Waals surface area contributed by atoms with Crippen LogP contribution in [-0.2, 0) is 12.4 Å². The number of para-hydroxylation sites is 4. The van der Waals surface area contributed by atoms with Crippen LogP contribution in [0.3, 0.4) is 0 Å². The summed E-state index contributed by atoms with van der Waals surface area (Å²) in [7, 11) is 0. The molecular weight excluding hydrogens is 1080 g/mol. The monoisotopic (exact) mass is 1110 g/mol. The summed E-state index contributed by atoms with van der Waals surface area (Å²) in [5, 5.41) is 22.0. The molecule has 390 valence electrons. The number of fused-ring (bicyclic) bond motifs is 18. The van der Waals surface area contributed by atoms with Gasteiger partial charge in [0.1, 0.15) is 23.0 Å². The summed E-state index contributed by atoms with van der Waals surface area (Å²) in [4.78, 5) is 6.00. The molecule has 0 saturated heterocycles. The molecule has 17 rings (SSSR count). The summed E-state index contributed by atoms with van der Waals surface area (Å²) in [6.07, 6.45) is -9.33. The van der Waals surface area contributed by atoms with E-state index in [1.54, 1.807) is 46.9 Å². The Labute approximate surface area is 466 Å². The van der Waals surface area contributed by atoms with Gasteiger partial charge < -0.3 is 9.13 Å². The number of nitriles is 1. The molecule has 0 radical (unpaired) electrons. The fraction of sp³-hybridized carbons (Fsp3) is 0.0294. The number of benzene rings is 10. The first-order chi connectivity index (χ1) is 39.9. The lowest BCUT2D eigenvalue weighted by molar-refractivity contribution is -0.138. The second kappa shape index (κ2) is 16.6. The van der Waals surface area contributed by atoms with Crippen molar-refractivity contribution in [2.45, 2.75) is 12.4 Å². The van der Waals surface area contributed by atoms with Crippen molar-refractivity contribution < 1.29 is 26.3 Å². The largest absolute Gasteiger partial charge is 0.416 e. The number of hydrogen-bond donors (Lipinski definition) is 0. The van der Waals surface area contributed by atoms with Gasteiger partial charge in [0.2, 0.25) is 0 Å². The molecule has 14 heteroatoms. The lowest BCUT2D eigenvalue weighted by atomic mass is 10.1. The summed E-state index contributed by atoms with van der Waals surface area (Å²) >= 11 is 3.36. The van der Waals surface area contributed by atoms with Crippen molar-refractivity contribution >= 4 is 150 Å². The van der Waals surface area contributed by atoms with E-state index >= 15 is 0 Å². The maximum Gasteiger partial charge on any atom is 0.416 e. The predicted octanol–water partition coefficient (Wildman–Crippen LogP) is 20.1. The molecule has 82 heavy (non-hydrogen) atoms. The summed E-state index contributed by atoms with van der Waals surface area (Å²) in [6, 6.07) is 65.6. The first-order valence-electron chi connectivity index (χ1n) is 26.3. The van der Waals surface area contributed by atoms with E-state index in [0.29, 0.717) is 49.3 Å². The molecule has 17 aromatic rings. The lowest BCUT2D eigenvalue weighted by Crippen LogP contribution is -2.16. The van der Waals surface area contributed by atoms with E-state index in [9.17, 15) is 31.6 Å². The van der Waals surface area contributed by atoms with Gasteiger partial charge in [0, 0.05) is 83.4 Å². The average Bonchev–Trinajstić information content (AvgIpc) is 2.15. The van der Waals surface area contributed by atoms with Gasteiger partial charge in [0.05, 0.1) is 55.3 Å². The maximum absolute atomic E-state index is 14.9. The minimum atomic E-state index is -4.67. The van der Waals surface area contributed by atoms with Gasteiger partial charge in [-0.15, -0.1) is 22.7 Å². The molecular formula is C68H34F6N6S2. The zero-order valence-electron chi connectivity index (χ0n) is 42.4. The third-order valence-corrected chi connectivity index (χ3v) is 18.7. The van der Waals surface area contributed by atoms with Gasteiger partial charge in [-0.1, -0.05) is 109 Å². The van der Waals surface area contributed by atoms with E-state index in [2.05, 4.69) is 59.2 Å².